The molecule has 0 saturated carbocycles. The van der Waals surface area contributed by atoms with E-state index in [4.69, 9.17) is 18.9 Å². The second kappa shape index (κ2) is 13.6. The molecule has 0 aliphatic carbocycles. The Kier molecular flexibility index (Phi) is 12.2. The topological polar surface area (TPSA) is 78.1 Å². The average molecular weight is 360 g/mol. The van der Waals surface area contributed by atoms with Crippen molar-refractivity contribution in [2.45, 2.75) is 33.3 Å². The van der Waals surface area contributed by atoms with Crippen LogP contribution < -0.4 is 10.6 Å². The third kappa shape index (κ3) is 10.2. The Bertz CT molecular complexity index is 334. The lowest BCUT2D eigenvalue weighted by Gasteiger charge is -2.27. The van der Waals surface area contributed by atoms with E-state index in [0.717, 1.165) is 19.5 Å². The number of Topliss-reactive ketones (excluding diaryl/α,β-unsaturated/α-hetero) is 1. The molecule has 1 unspecified atom stereocenters. The van der Waals surface area contributed by atoms with Gasteiger partial charge in [0.25, 0.3) is 0 Å². The van der Waals surface area contributed by atoms with Crippen LogP contribution in [-0.2, 0) is 23.7 Å². The second-order valence-electron chi connectivity index (χ2n) is 6.75. The molecular weight excluding hydrogens is 324 g/mol. The van der Waals surface area contributed by atoms with Gasteiger partial charge < -0.3 is 29.6 Å². The first-order valence-electron chi connectivity index (χ1n) is 9.38. The molecule has 2 N–H and O–H groups in total. The number of ether oxygens (including phenoxy) is 4. The molecule has 7 nitrogen and oxygen atoms in total. The van der Waals surface area contributed by atoms with Gasteiger partial charge in [-0.25, -0.2) is 0 Å². The lowest BCUT2D eigenvalue weighted by atomic mass is 9.82. The van der Waals surface area contributed by atoms with Crippen LogP contribution in [0.4, 0.5) is 0 Å². The number of carbonyl (C=O) groups is 1. The Balaban J connectivity index is 2.46. The lowest BCUT2D eigenvalue weighted by Crippen LogP contribution is -2.43. The van der Waals surface area contributed by atoms with Crippen LogP contribution in [0.1, 0.15) is 27.2 Å². The molecule has 0 aromatic heterocycles. The predicted molar refractivity (Wildman–Crippen MR) is 97.0 cm³/mol. The highest BCUT2D eigenvalue weighted by Gasteiger charge is 2.32. The van der Waals surface area contributed by atoms with Crippen molar-refractivity contribution in [3.05, 3.63) is 0 Å². The van der Waals surface area contributed by atoms with E-state index >= 15 is 0 Å². The molecule has 1 heterocycles. The number of ketones is 1. The van der Waals surface area contributed by atoms with Crippen LogP contribution in [0.5, 0.6) is 0 Å². The van der Waals surface area contributed by atoms with Gasteiger partial charge in [-0.15, -0.1) is 0 Å². The van der Waals surface area contributed by atoms with Gasteiger partial charge in [0.05, 0.1) is 46.2 Å². The molecule has 1 aliphatic heterocycles. The molecular formula is C18H36N2O5. The van der Waals surface area contributed by atoms with Crippen molar-refractivity contribution in [1.29, 1.82) is 0 Å². The summed E-state index contributed by atoms with van der Waals surface area (Å²) in [6.07, 6.45) is 0.329. The van der Waals surface area contributed by atoms with Gasteiger partial charge in [0, 0.05) is 31.6 Å². The Labute approximate surface area is 152 Å². The lowest BCUT2D eigenvalue weighted by molar-refractivity contribution is -0.140. The number of rotatable bonds is 3. The minimum atomic E-state index is -0.459. The predicted octanol–water partition coefficient (Wildman–Crippen LogP) is 0.620. The van der Waals surface area contributed by atoms with E-state index in [9.17, 15) is 4.79 Å². The maximum Gasteiger partial charge on any atom is 0.168 e. The minimum Gasteiger partial charge on any atom is -0.378 e. The van der Waals surface area contributed by atoms with Crippen LogP contribution in [0.25, 0.3) is 0 Å². The van der Waals surface area contributed by atoms with Gasteiger partial charge in [0.2, 0.25) is 0 Å². The molecule has 0 bridgehead atoms. The summed E-state index contributed by atoms with van der Waals surface area (Å²) in [6.45, 7) is 12.6. The summed E-state index contributed by atoms with van der Waals surface area (Å²) in [5.41, 5.74) is -0.387. The van der Waals surface area contributed by atoms with Crippen LogP contribution in [-0.4, -0.2) is 84.3 Å². The summed E-state index contributed by atoms with van der Waals surface area (Å²) >= 11 is 0. The zero-order valence-corrected chi connectivity index (χ0v) is 16.1. The number of nitrogens with one attached hydrogen (secondary N) is 2. The fourth-order valence-electron chi connectivity index (χ4n) is 2.30. The molecule has 1 saturated heterocycles. The molecule has 0 spiro atoms. The van der Waals surface area contributed by atoms with Crippen molar-refractivity contribution in [1.82, 2.24) is 10.6 Å². The van der Waals surface area contributed by atoms with Crippen LogP contribution in [0, 0.1) is 5.41 Å². The van der Waals surface area contributed by atoms with Gasteiger partial charge in [0.15, 0.2) is 5.78 Å². The van der Waals surface area contributed by atoms with Crippen molar-refractivity contribution in [2.75, 3.05) is 72.4 Å². The fourth-order valence-corrected chi connectivity index (χ4v) is 2.30. The van der Waals surface area contributed by atoms with E-state index in [1.807, 2.05) is 20.8 Å². The van der Waals surface area contributed by atoms with Crippen LogP contribution in [0.15, 0.2) is 0 Å². The zero-order chi connectivity index (χ0) is 18.4. The van der Waals surface area contributed by atoms with E-state index < -0.39 is 6.10 Å². The molecule has 0 aromatic carbocycles. The number of carbonyl (C=O) groups excluding carboxylic acids is 1. The summed E-state index contributed by atoms with van der Waals surface area (Å²) in [6, 6.07) is 0. The Morgan fingerprint density at radius 3 is 1.96 bits per heavy atom. The first kappa shape index (κ1) is 22.5. The van der Waals surface area contributed by atoms with Crippen LogP contribution in [0.3, 0.4) is 0 Å². The number of hydrogen-bond donors (Lipinski definition) is 2. The Morgan fingerprint density at radius 1 is 0.880 bits per heavy atom. The van der Waals surface area contributed by atoms with E-state index in [2.05, 4.69) is 10.6 Å². The quantitative estimate of drug-likeness (QED) is 0.764. The monoisotopic (exact) mass is 360 g/mol. The SMILES string of the molecule is CCC(C)(C)C(=O)C1CNCCOCCOCCNCCOCCO1. The van der Waals surface area contributed by atoms with Gasteiger partial charge in [-0.2, -0.15) is 0 Å². The highest BCUT2D eigenvalue weighted by atomic mass is 16.5. The third-order valence-electron chi connectivity index (χ3n) is 4.36. The smallest absolute Gasteiger partial charge is 0.168 e. The van der Waals surface area contributed by atoms with Gasteiger partial charge in [-0.05, 0) is 6.42 Å². The molecule has 0 aromatic rings. The van der Waals surface area contributed by atoms with Gasteiger partial charge in [-0.1, -0.05) is 20.8 Å². The van der Waals surface area contributed by atoms with E-state index in [1.165, 1.54) is 0 Å². The van der Waals surface area contributed by atoms with Crippen molar-refractivity contribution in [3.8, 4) is 0 Å². The van der Waals surface area contributed by atoms with Crippen molar-refractivity contribution in [2.24, 2.45) is 5.41 Å². The molecule has 1 fully saturated rings. The van der Waals surface area contributed by atoms with Crippen LogP contribution in [0.2, 0.25) is 0 Å². The summed E-state index contributed by atoms with van der Waals surface area (Å²) in [4.78, 5) is 12.7. The fraction of sp³-hybridized carbons (Fsp3) is 0.944. The molecule has 1 atom stereocenters. The Hall–Kier alpha value is -0.570. The van der Waals surface area contributed by atoms with Crippen LogP contribution >= 0.6 is 0 Å². The van der Waals surface area contributed by atoms with E-state index in [1.54, 1.807) is 0 Å². The molecule has 148 valence electrons. The molecule has 0 amide bonds. The largest absolute Gasteiger partial charge is 0.378 e. The molecule has 0 radical (unpaired) electrons. The van der Waals surface area contributed by atoms with E-state index in [-0.39, 0.29) is 11.2 Å². The van der Waals surface area contributed by atoms with Crippen molar-refractivity contribution < 1.29 is 23.7 Å². The minimum absolute atomic E-state index is 0.132. The molecule has 1 aliphatic rings. The van der Waals surface area contributed by atoms with Crippen molar-refractivity contribution in [3.63, 3.8) is 0 Å². The Morgan fingerprint density at radius 2 is 1.40 bits per heavy atom. The standard InChI is InChI=1S/C18H36N2O5/c1-4-18(2,3)17(21)16-15-20-7-10-23-12-11-22-8-5-19-6-9-24-13-14-25-16/h16,19-20H,4-15H2,1-3H3. The van der Waals surface area contributed by atoms with Gasteiger partial charge in [0.1, 0.15) is 6.10 Å². The first-order chi connectivity index (χ1) is 12.1. The summed E-state index contributed by atoms with van der Waals surface area (Å²) in [5.74, 6) is 0.132. The molecule has 7 heteroatoms. The maximum absolute atomic E-state index is 12.7. The highest BCUT2D eigenvalue weighted by molar-refractivity contribution is 5.88. The summed E-state index contributed by atoms with van der Waals surface area (Å²) < 4.78 is 22.3. The summed E-state index contributed by atoms with van der Waals surface area (Å²) in [5, 5.41) is 6.50. The summed E-state index contributed by atoms with van der Waals surface area (Å²) in [7, 11) is 0. The van der Waals surface area contributed by atoms with Gasteiger partial charge >= 0.3 is 0 Å². The highest BCUT2D eigenvalue weighted by Crippen LogP contribution is 2.23. The molecule has 1 rings (SSSR count). The maximum atomic E-state index is 12.7. The van der Waals surface area contributed by atoms with Gasteiger partial charge in [-0.3, -0.25) is 4.79 Å². The van der Waals surface area contributed by atoms with E-state index in [0.29, 0.717) is 59.3 Å². The third-order valence-corrected chi connectivity index (χ3v) is 4.36. The van der Waals surface area contributed by atoms with Crippen molar-refractivity contribution >= 4 is 5.78 Å². The average Bonchev–Trinajstić information content (AvgIpc) is 2.61. The normalized spacial score (nSPS) is 24.2. The second-order valence-corrected chi connectivity index (χ2v) is 6.75. The molecule has 25 heavy (non-hydrogen) atoms. The zero-order valence-electron chi connectivity index (χ0n) is 16.1. The number of hydrogen-bond acceptors (Lipinski definition) is 7. The first-order valence-corrected chi connectivity index (χ1v) is 9.38.